The Bertz CT molecular complexity index is 460. The van der Waals surface area contributed by atoms with Crippen LogP contribution in [0.3, 0.4) is 0 Å². The standard InChI is InChI=1S/C12H14F3NO3/c1-16(6-5-12(13,14)15)11(18)8-3-4-10(19-2)9(17)7-8/h3-4,7,17H,5-6H2,1-2H3. The fourth-order valence-corrected chi connectivity index (χ4v) is 1.44. The van der Waals surface area contributed by atoms with Crippen LogP contribution >= 0.6 is 0 Å². The zero-order valence-electron chi connectivity index (χ0n) is 10.5. The van der Waals surface area contributed by atoms with Crippen LogP contribution in [0.4, 0.5) is 13.2 Å². The third kappa shape index (κ3) is 4.35. The molecule has 1 amide bonds. The summed E-state index contributed by atoms with van der Waals surface area (Å²) in [4.78, 5) is 12.8. The first-order valence-corrected chi connectivity index (χ1v) is 5.44. The Kier molecular flexibility index (Phi) is 4.63. The van der Waals surface area contributed by atoms with Crippen molar-refractivity contribution in [2.45, 2.75) is 12.6 Å². The number of amides is 1. The number of rotatable bonds is 4. The molecule has 0 aromatic heterocycles. The molecule has 0 aliphatic carbocycles. The van der Waals surface area contributed by atoms with Crippen LogP contribution in [0, 0.1) is 0 Å². The first-order valence-electron chi connectivity index (χ1n) is 5.44. The molecular formula is C12H14F3NO3. The van der Waals surface area contributed by atoms with Crippen LogP contribution in [0.25, 0.3) is 0 Å². The second-order valence-electron chi connectivity index (χ2n) is 3.98. The molecule has 1 N–H and O–H groups in total. The van der Waals surface area contributed by atoms with Gasteiger partial charge in [-0.05, 0) is 18.2 Å². The number of phenols is 1. The van der Waals surface area contributed by atoms with E-state index in [1.54, 1.807) is 0 Å². The molecule has 0 saturated heterocycles. The molecule has 0 radical (unpaired) electrons. The van der Waals surface area contributed by atoms with Gasteiger partial charge in [0.25, 0.3) is 5.91 Å². The van der Waals surface area contributed by atoms with Crippen LogP contribution in [-0.4, -0.2) is 42.8 Å². The number of carbonyl (C=O) groups is 1. The number of halogens is 3. The molecule has 0 heterocycles. The highest BCUT2D eigenvalue weighted by molar-refractivity contribution is 5.94. The lowest BCUT2D eigenvalue weighted by Gasteiger charge is -2.18. The molecule has 0 aliphatic rings. The van der Waals surface area contributed by atoms with E-state index in [0.717, 1.165) is 11.0 Å². The van der Waals surface area contributed by atoms with Crippen LogP contribution in [0.15, 0.2) is 18.2 Å². The van der Waals surface area contributed by atoms with E-state index in [2.05, 4.69) is 0 Å². The summed E-state index contributed by atoms with van der Waals surface area (Å²) < 4.78 is 41.0. The Balaban J connectivity index is 2.74. The molecule has 0 aliphatic heterocycles. The Morgan fingerprint density at radius 3 is 2.53 bits per heavy atom. The van der Waals surface area contributed by atoms with Crippen molar-refractivity contribution in [3.63, 3.8) is 0 Å². The molecule has 0 bridgehead atoms. The number of aromatic hydroxyl groups is 1. The molecule has 1 aromatic rings. The van der Waals surface area contributed by atoms with Crippen molar-refractivity contribution in [2.75, 3.05) is 20.7 Å². The normalized spacial score (nSPS) is 11.2. The maximum Gasteiger partial charge on any atom is 0.390 e. The fourth-order valence-electron chi connectivity index (χ4n) is 1.44. The number of carbonyl (C=O) groups excluding carboxylic acids is 1. The lowest BCUT2D eigenvalue weighted by molar-refractivity contribution is -0.136. The van der Waals surface area contributed by atoms with Gasteiger partial charge in [0.2, 0.25) is 0 Å². The molecule has 0 atom stereocenters. The first-order chi connectivity index (χ1) is 8.74. The van der Waals surface area contributed by atoms with Crippen molar-refractivity contribution in [3.8, 4) is 11.5 Å². The number of ether oxygens (including phenoxy) is 1. The van der Waals surface area contributed by atoms with E-state index < -0.39 is 25.0 Å². The molecule has 0 fully saturated rings. The van der Waals surface area contributed by atoms with Crippen LogP contribution in [0.5, 0.6) is 11.5 Å². The predicted octanol–water partition coefficient (Wildman–Crippen LogP) is 2.43. The van der Waals surface area contributed by atoms with Gasteiger partial charge in [-0.15, -0.1) is 0 Å². The van der Waals surface area contributed by atoms with E-state index in [-0.39, 0.29) is 17.1 Å². The lowest BCUT2D eigenvalue weighted by atomic mass is 10.1. The second-order valence-corrected chi connectivity index (χ2v) is 3.98. The molecule has 0 unspecified atom stereocenters. The number of phenolic OH excluding ortho intramolecular Hbond substituents is 1. The van der Waals surface area contributed by atoms with Gasteiger partial charge in [-0.3, -0.25) is 4.79 Å². The Morgan fingerprint density at radius 1 is 1.42 bits per heavy atom. The number of alkyl halides is 3. The topological polar surface area (TPSA) is 49.8 Å². The zero-order valence-corrected chi connectivity index (χ0v) is 10.5. The van der Waals surface area contributed by atoms with E-state index in [1.807, 2.05) is 0 Å². The molecule has 1 aromatic carbocycles. The molecule has 19 heavy (non-hydrogen) atoms. The Morgan fingerprint density at radius 2 is 2.05 bits per heavy atom. The van der Waals surface area contributed by atoms with Crippen molar-refractivity contribution in [3.05, 3.63) is 23.8 Å². The number of hydrogen-bond donors (Lipinski definition) is 1. The molecule has 0 saturated carbocycles. The molecule has 1 rings (SSSR count). The zero-order chi connectivity index (χ0) is 14.6. The maximum absolute atomic E-state index is 12.1. The third-order valence-corrected chi connectivity index (χ3v) is 2.50. The van der Waals surface area contributed by atoms with E-state index in [4.69, 9.17) is 4.74 Å². The van der Waals surface area contributed by atoms with Gasteiger partial charge >= 0.3 is 6.18 Å². The quantitative estimate of drug-likeness (QED) is 0.919. The van der Waals surface area contributed by atoms with Crippen molar-refractivity contribution in [1.82, 2.24) is 4.90 Å². The summed E-state index contributed by atoms with van der Waals surface area (Å²) in [6.07, 6.45) is -5.38. The second kappa shape index (κ2) is 5.81. The van der Waals surface area contributed by atoms with E-state index in [0.29, 0.717) is 0 Å². The van der Waals surface area contributed by atoms with Crippen molar-refractivity contribution < 1.29 is 27.8 Å². The minimum atomic E-state index is -4.31. The van der Waals surface area contributed by atoms with E-state index in [9.17, 15) is 23.1 Å². The van der Waals surface area contributed by atoms with Gasteiger partial charge in [0.05, 0.1) is 13.5 Å². The van der Waals surface area contributed by atoms with Crippen LogP contribution in [0.2, 0.25) is 0 Å². The molecule has 7 heteroatoms. The highest BCUT2D eigenvalue weighted by Crippen LogP contribution is 2.27. The SMILES string of the molecule is COc1ccc(C(=O)N(C)CCC(F)(F)F)cc1O. The van der Waals surface area contributed by atoms with Crippen LogP contribution < -0.4 is 4.74 Å². The minimum absolute atomic E-state index is 0.1000. The van der Waals surface area contributed by atoms with Gasteiger partial charge in [-0.1, -0.05) is 0 Å². The number of nitrogens with zero attached hydrogens (tertiary/aromatic N) is 1. The average Bonchev–Trinajstić information content (AvgIpc) is 2.34. The van der Waals surface area contributed by atoms with Crippen molar-refractivity contribution >= 4 is 5.91 Å². The average molecular weight is 277 g/mol. The van der Waals surface area contributed by atoms with Crippen LogP contribution in [-0.2, 0) is 0 Å². The Hall–Kier alpha value is -1.92. The number of methoxy groups -OCH3 is 1. The highest BCUT2D eigenvalue weighted by Gasteiger charge is 2.28. The fraction of sp³-hybridized carbons (Fsp3) is 0.417. The minimum Gasteiger partial charge on any atom is -0.504 e. The van der Waals surface area contributed by atoms with Gasteiger partial charge in [0, 0.05) is 19.2 Å². The summed E-state index contributed by atoms with van der Waals surface area (Å²) in [5, 5.41) is 9.51. The van der Waals surface area contributed by atoms with E-state index in [1.165, 1.54) is 26.3 Å². The maximum atomic E-state index is 12.1. The van der Waals surface area contributed by atoms with Crippen LogP contribution in [0.1, 0.15) is 16.8 Å². The summed E-state index contributed by atoms with van der Waals surface area (Å²) in [7, 11) is 2.63. The van der Waals surface area contributed by atoms with E-state index >= 15 is 0 Å². The van der Waals surface area contributed by atoms with Gasteiger partial charge < -0.3 is 14.7 Å². The number of hydrogen-bond acceptors (Lipinski definition) is 3. The summed E-state index contributed by atoms with van der Waals surface area (Å²) in [6, 6.07) is 3.91. The van der Waals surface area contributed by atoms with Gasteiger partial charge in [-0.2, -0.15) is 13.2 Å². The number of benzene rings is 1. The lowest BCUT2D eigenvalue weighted by Crippen LogP contribution is -2.30. The summed E-state index contributed by atoms with van der Waals surface area (Å²) in [5.41, 5.74) is 0.1000. The van der Waals surface area contributed by atoms with Crippen molar-refractivity contribution in [1.29, 1.82) is 0 Å². The molecule has 106 valence electrons. The first kappa shape index (κ1) is 15.1. The summed E-state index contributed by atoms with van der Waals surface area (Å²) in [5.74, 6) is -0.644. The van der Waals surface area contributed by atoms with Gasteiger partial charge in [-0.25, -0.2) is 0 Å². The third-order valence-electron chi connectivity index (χ3n) is 2.50. The molecular weight excluding hydrogens is 263 g/mol. The monoisotopic (exact) mass is 277 g/mol. The summed E-state index contributed by atoms with van der Waals surface area (Å²) in [6.45, 7) is -0.435. The van der Waals surface area contributed by atoms with Crippen molar-refractivity contribution in [2.24, 2.45) is 0 Å². The van der Waals surface area contributed by atoms with Gasteiger partial charge in [0.15, 0.2) is 11.5 Å². The highest BCUT2D eigenvalue weighted by atomic mass is 19.4. The predicted molar refractivity (Wildman–Crippen MR) is 62.3 cm³/mol. The largest absolute Gasteiger partial charge is 0.504 e. The summed E-state index contributed by atoms with van der Waals surface area (Å²) >= 11 is 0. The molecule has 0 spiro atoms. The molecule has 4 nitrogen and oxygen atoms in total. The van der Waals surface area contributed by atoms with Gasteiger partial charge in [0.1, 0.15) is 0 Å². The Labute approximate surface area is 108 Å². The smallest absolute Gasteiger partial charge is 0.390 e.